The molecule has 1 aromatic carbocycles. The number of carbonyl (C=O) groups excluding carboxylic acids is 1. The molecule has 3 heterocycles. The van der Waals surface area contributed by atoms with Gasteiger partial charge in [-0.25, -0.2) is 0 Å². The lowest BCUT2D eigenvalue weighted by Crippen LogP contribution is -2.51. The minimum atomic E-state index is -0.714. The Hall–Kier alpha value is -2.09. The van der Waals surface area contributed by atoms with E-state index in [0.29, 0.717) is 31.7 Å². The average Bonchev–Trinajstić information content (AvgIpc) is 3.07. The Bertz CT molecular complexity index is 859. The first kappa shape index (κ1) is 20.2. The maximum Gasteiger partial charge on any atom is 0.270 e. The molecule has 7 heteroatoms. The van der Waals surface area contributed by atoms with Crippen LogP contribution in [0.4, 0.5) is 0 Å². The zero-order valence-electron chi connectivity index (χ0n) is 17.5. The van der Waals surface area contributed by atoms with Crippen LogP contribution in [0.1, 0.15) is 29.8 Å². The number of piperazine rings is 1. The van der Waals surface area contributed by atoms with E-state index in [9.17, 15) is 9.90 Å². The predicted octanol–water partition coefficient (Wildman–Crippen LogP) is 1.78. The molecule has 29 heavy (non-hydrogen) atoms. The first-order valence-corrected chi connectivity index (χ1v) is 10.6. The van der Waals surface area contributed by atoms with Crippen molar-refractivity contribution in [1.29, 1.82) is 0 Å². The lowest BCUT2D eigenvalue weighted by Gasteiger charge is -2.38. The van der Waals surface area contributed by atoms with Crippen LogP contribution in [-0.4, -0.2) is 96.3 Å². The van der Waals surface area contributed by atoms with Gasteiger partial charge in [0.05, 0.1) is 12.7 Å². The van der Waals surface area contributed by atoms with Crippen LogP contribution in [0.5, 0.6) is 5.75 Å². The van der Waals surface area contributed by atoms with Gasteiger partial charge in [-0.15, -0.1) is 0 Å². The standard InChI is InChI=1S/C22H32N4O3/c1-24-11-13-25(14-12-24)16-22(28)7-4-9-26(10-8-22)21(27)19-15-17-18(23-19)5-3-6-20(17)29-2/h3,5-6,15,23,28H,4,7-14,16H2,1-2H3. The minimum Gasteiger partial charge on any atom is -0.496 e. The van der Waals surface area contributed by atoms with E-state index in [1.807, 2.05) is 29.2 Å². The summed E-state index contributed by atoms with van der Waals surface area (Å²) >= 11 is 0. The molecule has 0 bridgehead atoms. The highest BCUT2D eigenvalue weighted by atomic mass is 16.5. The van der Waals surface area contributed by atoms with Crippen LogP contribution in [0.2, 0.25) is 0 Å². The van der Waals surface area contributed by atoms with Crippen molar-refractivity contribution >= 4 is 16.8 Å². The Balaban J connectivity index is 1.42. The molecular weight excluding hydrogens is 368 g/mol. The summed E-state index contributed by atoms with van der Waals surface area (Å²) in [6, 6.07) is 7.63. The number of likely N-dealkylation sites (N-methyl/N-ethyl adjacent to an activating group) is 1. The number of hydrogen-bond acceptors (Lipinski definition) is 5. The number of H-pyrrole nitrogens is 1. The molecule has 1 amide bonds. The molecule has 1 atom stereocenters. The molecule has 2 N–H and O–H groups in total. The van der Waals surface area contributed by atoms with Crippen LogP contribution in [-0.2, 0) is 0 Å². The molecule has 2 saturated heterocycles. The molecular formula is C22H32N4O3. The van der Waals surface area contributed by atoms with Crippen molar-refractivity contribution in [1.82, 2.24) is 19.7 Å². The van der Waals surface area contributed by atoms with E-state index in [4.69, 9.17) is 4.74 Å². The Labute approximate surface area is 172 Å². The fourth-order valence-corrected chi connectivity index (χ4v) is 4.55. The topological polar surface area (TPSA) is 72.0 Å². The molecule has 0 radical (unpaired) electrons. The molecule has 0 spiro atoms. The normalized spacial score (nSPS) is 24.6. The van der Waals surface area contributed by atoms with E-state index < -0.39 is 5.60 Å². The van der Waals surface area contributed by atoms with Gasteiger partial charge < -0.3 is 24.6 Å². The quantitative estimate of drug-likeness (QED) is 0.819. The Morgan fingerprint density at radius 1 is 1.17 bits per heavy atom. The van der Waals surface area contributed by atoms with E-state index in [0.717, 1.165) is 55.7 Å². The van der Waals surface area contributed by atoms with Crippen molar-refractivity contribution in [3.05, 3.63) is 30.0 Å². The summed E-state index contributed by atoms with van der Waals surface area (Å²) in [5.74, 6) is 0.752. The van der Waals surface area contributed by atoms with Crippen molar-refractivity contribution in [2.45, 2.75) is 24.9 Å². The zero-order valence-corrected chi connectivity index (χ0v) is 17.5. The molecule has 2 aromatic rings. The number of likely N-dealkylation sites (tertiary alicyclic amines) is 1. The lowest BCUT2D eigenvalue weighted by atomic mass is 9.94. The van der Waals surface area contributed by atoms with E-state index in [1.54, 1.807) is 7.11 Å². The number of carbonyl (C=O) groups is 1. The second-order valence-electron chi connectivity index (χ2n) is 8.55. The average molecular weight is 401 g/mol. The third-order valence-corrected chi connectivity index (χ3v) is 6.39. The molecule has 2 aliphatic heterocycles. The number of aliphatic hydroxyl groups is 1. The molecule has 1 aromatic heterocycles. The number of methoxy groups -OCH3 is 1. The summed E-state index contributed by atoms with van der Waals surface area (Å²) in [4.78, 5) is 22.9. The van der Waals surface area contributed by atoms with Gasteiger partial charge in [0.15, 0.2) is 0 Å². The summed E-state index contributed by atoms with van der Waals surface area (Å²) in [5, 5.41) is 12.1. The van der Waals surface area contributed by atoms with Crippen LogP contribution in [0.3, 0.4) is 0 Å². The van der Waals surface area contributed by atoms with Crippen LogP contribution in [0, 0.1) is 0 Å². The number of aromatic amines is 1. The number of benzene rings is 1. The number of ether oxygens (including phenoxy) is 1. The van der Waals surface area contributed by atoms with Crippen LogP contribution in [0.15, 0.2) is 24.3 Å². The first-order valence-electron chi connectivity index (χ1n) is 10.6. The van der Waals surface area contributed by atoms with E-state index in [2.05, 4.69) is 21.8 Å². The van der Waals surface area contributed by atoms with Crippen LogP contribution >= 0.6 is 0 Å². The third kappa shape index (κ3) is 4.42. The Morgan fingerprint density at radius 3 is 2.72 bits per heavy atom. The number of hydrogen-bond donors (Lipinski definition) is 2. The molecule has 7 nitrogen and oxygen atoms in total. The second-order valence-corrected chi connectivity index (χ2v) is 8.55. The van der Waals surface area contributed by atoms with E-state index in [-0.39, 0.29) is 5.91 Å². The number of β-amino-alcohol motifs (C(OH)–C–C–N with tert-alkyl or cyclic N) is 1. The van der Waals surface area contributed by atoms with Crippen molar-refractivity contribution < 1.29 is 14.6 Å². The molecule has 0 aliphatic carbocycles. The van der Waals surface area contributed by atoms with Gasteiger partial charge in [0, 0.05) is 56.7 Å². The monoisotopic (exact) mass is 400 g/mol. The first-order chi connectivity index (χ1) is 14.0. The number of amides is 1. The van der Waals surface area contributed by atoms with Gasteiger partial charge >= 0.3 is 0 Å². The van der Waals surface area contributed by atoms with E-state index in [1.165, 1.54) is 0 Å². The summed E-state index contributed by atoms with van der Waals surface area (Å²) in [5.41, 5.74) is 0.761. The van der Waals surface area contributed by atoms with E-state index >= 15 is 0 Å². The van der Waals surface area contributed by atoms with Gasteiger partial charge in [0.2, 0.25) is 0 Å². The van der Waals surface area contributed by atoms with Crippen molar-refractivity contribution in [3.8, 4) is 5.75 Å². The lowest BCUT2D eigenvalue weighted by molar-refractivity contribution is -0.0179. The molecule has 4 rings (SSSR count). The van der Waals surface area contributed by atoms with Crippen LogP contribution < -0.4 is 4.74 Å². The largest absolute Gasteiger partial charge is 0.496 e. The van der Waals surface area contributed by atoms with Crippen molar-refractivity contribution in [2.24, 2.45) is 0 Å². The zero-order chi connectivity index (χ0) is 20.4. The summed E-state index contributed by atoms with van der Waals surface area (Å²) < 4.78 is 5.41. The summed E-state index contributed by atoms with van der Waals surface area (Å²) in [6.07, 6.45) is 2.18. The SMILES string of the molecule is COc1cccc2[nH]c(C(=O)N3CCCC(O)(CN4CCN(C)CC4)CC3)cc12. The third-order valence-electron chi connectivity index (χ3n) is 6.39. The number of nitrogens with one attached hydrogen (secondary N) is 1. The Morgan fingerprint density at radius 2 is 1.97 bits per heavy atom. The predicted molar refractivity (Wildman–Crippen MR) is 113 cm³/mol. The highest BCUT2D eigenvalue weighted by Crippen LogP contribution is 2.28. The van der Waals surface area contributed by atoms with Gasteiger partial charge in [0.25, 0.3) is 5.91 Å². The fraction of sp³-hybridized carbons (Fsp3) is 0.591. The van der Waals surface area contributed by atoms with Crippen LogP contribution in [0.25, 0.3) is 10.9 Å². The minimum absolute atomic E-state index is 0.00731. The van der Waals surface area contributed by atoms with Crippen molar-refractivity contribution in [3.63, 3.8) is 0 Å². The number of nitrogens with zero attached hydrogens (tertiary/aromatic N) is 3. The van der Waals surface area contributed by atoms with Crippen molar-refractivity contribution in [2.75, 3.05) is 60.0 Å². The maximum absolute atomic E-state index is 13.1. The summed E-state index contributed by atoms with van der Waals surface area (Å²) in [6.45, 7) is 6.05. The number of rotatable bonds is 4. The highest BCUT2D eigenvalue weighted by molar-refractivity contribution is 5.99. The Kier molecular flexibility index (Phi) is 5.81. The molecule has 0 saturated carbocycles. The number of fused-ring (bicyclic) bond motifs is 1. The number of aromatic nitrogens is 1. The fourth-order valence-electron chi connectivity index (χ4n) is 4.55. The highest BCUT2D eigenvalue weighted by Gasteiger charge is 2.34. The smallest absolute Gasteiger partial charge is 0.270 e. The van der Waals surface area contributed by atoms with Gasteiger partial charge in [0.1, 0.15) is 11.4 Å². The second kappa shape index (κ2) is 8.34. The van der Waals surface area contributed by atoms with Gasteiger partial charge in [-0.05, 0) is 44.5 Å². The summed E-state index contributed by atoms with van der Waals surface area (Å²) in [7, 11) is 3.78. The van der Waals surface area contributed by atoms with Gasteiger partial charge in [-0.2, -0.15) is 0 Å². The molecule has 158 valence electrons. The molecule has 1 unspecified atom stereocenters. The van der Waals surface area contributed by atoms with Gasteiger partial charge in [-0.1, -0.05) is 6.07 Å². The molecule has 2 fully saturated rings. The van der Waals surface area contributed by atoms with Gasteiger partial charge in [-0.3, -0.25) is 9.69 Å². The molecule has 2 aliphatic rings. The maximum atomic E-state index is 13.1.